The summed E-state index contributed by atoms with van der Waals surface area (Å²) in [5.74, 6) is 0.0632. The van der Waals surface area contributed by atoms with Crippen LogP contribution in [0.5, 0.6) is 0 Å². The third-order valence-electron chi connectivity index (χ3n) is 5.81. The number of anilines is 3. The van der Waals surface area contributed by atoms with Crippen LogP contribution in [0, 0.1) is 27.7 Å². The fraction of sp³-hybridized carbons (Fsp3) is 0.417. The van der Waals surface area contributed by atoms with E-state index in [2.05, 4.69) is 66.8 Å². The summed E-state index contributed by atoms with van der Waals surface area (Å²) in [5.41, 5.74) is 8.94. The van der Waals surface area contributed by atoms with E-state index in [4.69, 9.17) is 11.6 Å². The second kappa shape index (κ2) is 9.09. The Hall–Kier alpha value is -2.53. The zero-order valence-electron chi connectivity index (χ0n) is 18.6. The normalized spacial score (nSPS) is 19.2. The molecule has 2 atom stereocenters. The molecule has 160 valence electrons. The minimum Gasteiger partial charge on any atom is -0.374 e. The zero-order valence-corrected chi connectivity index (χ0v) is 19.4. The summed E-state index contributed by atoms with van der Waals surface area (Å²) >= 11 is 6.09. The Labute approximate surface area is 184 Å². The van der Waals surface area contributed by atoms with Crippen molar-refractivity contribution in [2.75, 3.05) is 16.0 Å². The van der Waals surface area contributed by atoms with Crippen LogP contribution < -0.4 is 16.0 Å². The number of halogens is 1. The van der Waals surface area contributed by atoms with Crippen molar-refractivity contribution in [2.45, 2.75) is 66.5 Å². The van der Waals surface area contributed by atoms with Crippen LogP contribution in [0.2, 0.25) is 0 Å². The van der Waals surface area contributed by atoms with E-state index >= 15 is 0 Å². The van der Waals surface area contributed by atoms with Gasteiger partial charge in [-0.15, -0.1) is 0 Å². The van der Waals surface area contributed by atoms with E-state index in [0.29, 0.717) is 5.17 Å². The third kappa shape index (κ3) is 4.62. The number of carbonyl (C=O) groups excluding carboxylic acids is 1. The summed E-state index contributed by atoms with van der Waals surface area (Å²) in [4.78, 5) is 16.0. The van der Waals surface area contributed by atoms with Gasteiger partial charge in [-0.1, -0.05) is 25.4 Å². The molecule has 4 rings (SSSR count). The molecule has 2 heterocycles. The molecule has 2 aliphatic heterocycles. The first-order valence-corrected chi connectivity index (χ1v) is 10.9. The molecule has 1 amide bonds. The van der Waals surface area contributed by atoms with Crippen LogP contribution in [-0.2, 0) is 4.79 Å². The fourth-order valence-electron chi connectivity index (χ4n) is 3.52. The van der Waals surface area contributed by atoms with Crippen LogP contribution in [0.1, 0.15) is 48.9 Å². The lowest BCUT2D eigenvalue weighted by molar-refractivity contribution is -0.117. The average Bonchev–Trinajstić information content (AvgIpc) is 2.70. The maximum atomic E-state index is 11.6. The minimum absolute atomic E-state index is 0.0632. The van der Waals surface area contributed by atoms with E-state index in [1.54, 1.807) is 0 Å². The van der Waals surface area contributed by atoms with Crippen molar-refractivity contribution >= 4 is 45.4 Å². The number of fused-ring (bicyclic) bond motifs is 2. The monoisotopic (exact) mass is 426 g/mol. The fourth-order valence-corrected chi connectivity index (χ4v) is 3.82. The molecule has 3 N–H and O–H groups in total. The number of carbonyl (C=O) groups is 1. The maximum Gasteiger partial charge on any atom is 0.246 e. The lowest BCUT2D eigenvalue weighted by Gasteiger charge is -2.26. The highest BCUT2D eigenvalue weighted by molar-refractivity contribution is 6.67. The van der Waals surface area contributed by atoms with E-state index in [1.807, 2.05) is 19.9 Å². The molecular formula is C24H31ClN4O. The first-order chi connectivity index (χ1) is 14.2. The van der Waals surface area contributed by atoms with Crippen LogP contribution >= 0.6 is 11.6 Å². The van der Waals surface area contributed by atoms with Crippen molar-refractivity contribution in [1.82, 2.24) is 0 Å². The summed E-state index contributed by atoms with van der Waals surface area (Å²) in [6, 6.07) is 8.39. The molecule has 5 nitrogen and oxygen atoms in total. The highest BCUT2D eigenvalue weighted by Crippen LogP contribution is 2.34. The van der Waals surface area contributed by atoms with Gasteiger partial charge >= 0.3 is 0 Å². The summed E-state index contributed by atoms with van der Waals surface area (Å²) in [7, 11) is 0. The smallest absolute Gasteiger partial charge is 0.246 e. The molecule has 2 aliphatic rings. The van der Waals surface area contributed by atoms with Crippen LogP contribution in [0.4, 0.5) is 22.7 Å². The number of aryl methyl sites for hydroxylation is 4. The standard InChI is InChI=1S/C12H15ClN2.C12H16N2O/c1-4-9-12(13)15-11-6-8(3)7(2)5-10(11)14-9;1-4-9-12(15)14-11-6-8(3)7(2)5-10(11)13-9/h5-6,9,14H,4H2,1-3H3;5-6,9,13H,4H2,1-3H3,(H,14,15). The summed E-state index contributed by atoms with van der Waals surface area (Å²) < 4.78 is 0. The Bertz CT molecular complexity index is 999. The minimum atomic E-state index is -0.0976. The summed E-state index contributed by atoms with van der Waals surface area (Å²) in [6.45, 7) is 12.4. The van der Waals surface area contributed by atoms with Gasteiger partial charge in [0.2, 0.25) is 5.91 Å². The molecule has 30 heavy (non-hydrogen) atoms. The predicted molar refractivity (Wildman–Crippen MR) is 129 cm³/mol. The summed E-state index contributed by atoms with van der Waals surface area (Å²) in [5, 5.41) is 10.2. The molecule has 2 unspecified atom stereocenters. The molecular weight excluding hydrogens is 396 g/mol. The molecule has 2 aromatic carbocycles. The number of aliphatic imine (C=N–C) groups is 1. The van der Waals surface area contributed by atoms with Crippen LogP contribution in [0.15, 0.2) is 29.3 Å². The molecule has 6 heteroatoms. The number of nitrogens with zero attached hydrogens (tertiary/aromatic N) is 1. The number of amides is 1. The Balaban J connectivity index is 0.000000171. The quantitative estimate of drug-likeness (QED) is 0.533. The van der Waals surface area contributed by atoms with Gasteiger partial charge in [-0.25, -0.2) is 4.99 Å². The van der Waals surface area contributed by atoms with Gasteiger partial charge in [-0.2, -0.15) is 0 Å². The van der Waals surface area contributed by atoms with Crippen molar-refractivity contribution in [3.05, 3.63) is 46.5 Å². The predicted octanol–water partition coefficient (Wildman–Crippen LogP) is 6.22. The SMILES string of the molecule is CCC1Nc2cc(C)c(C)cc2N=C1Cl.CCC1Nc2cc(C)c(C)cc2NC1=O. The van der Waals surface area contributed by atoms with E-state index in [0.717, 1.165) is 35.6 Å². The van der Waals surface area contributed by atoms with Gasteiger partial charge in [0, 0.05) is 0 Å². The number of benzene rings is 2. The maximum absolute atomic E-state index is 11.6. The Morgan fingerprint density at radius 3 is 1.90 bits per heavy atom. The number of nitrogens with one attached hydrogen (secondary N) is 3. The highest BCUT2D eigenvalue weighted by Gasteiger charge is 2.24. The van der Waals surface area contributed by atoms with Gasteiger partial charge in [0.25, 0.3) is 0 Å². The Kier molecular flexibility index (Phi) is 6.71. The lowest BCUT2D eigenvalue weighted by atomic mass is 10.0. The number of hydrogen-bond donors (Lipinski definition) is 3. The molecule has 0 aliphatic carbocycles. The molecule has 0 radical (unpaired) electrons. The lowest BCUT2D eigenvalue weighted by Crippen LogP contribution is -2.38. The topological polar surface area (TPSA) is 65.5 Å². The Morgan fingerprint density at radius 2 is 1.30 bits per heavy atom. The van der Waals surface area contributed by atoms with E-state index in [-0.39, 0.29) is 18.0 Å². The van der Waals surface area contributed by atoms with Crippen molar-refractivity contribution in [3.63, 3.8) is 0 Å². The van der Waals surface area contributed by atoms with Gasteiger partial charge in [0.05, 0.1) is 28.8 Å². The molecule has 0 spiro atoms. The van der Waals surface area contributed by atoms with Crippen molar-refractivity contribution < 1.29 is 4.79 Å². The number of hydrogen-bond acceptors (Lipinski definition) is 4. The Morgan fingerprint density at radius 1 is 0.800 bits per heavy atom. The van der Waals surface area contributed by atoms with Crippen LogP contribution in [0.3, 0.4) is 0 Å². The summed E-state index contributed by atoms with van der Waals surface area (Å²) in [6.07, 6.45) is 1.76. The molecule has 2 aromatic rings. The third-order valence-corrected chi connectivity index (χ3v) is 6.16. The van der Waals surface area contributed by atoms with Gasteiger partial charge in [-0.3, -0.25) is 4.79 Å². The molecule has 0 saturated carbocycles. The second-order valence-electron chi connectivity index (χ2n) is 8.07. The van der Waals surface area contributed by atoms with E-state index in [9.17, 15) is 4.79 Å². The van der Waals surface area contributed by atoms with Crippen molar-refractivity contribution in [3.8, 4) is 0 Å². The average molecular weight is 427 g/mol. The van der Waals surface area contributed by atoms with Gasteiger partial charge in [0.15, 0.2) is 0 Å². The van der Waals surface area contributed by atoms with E-state index in [1.165, 1.54) is 22.3 Å². The van der Waals surface area contributed by atoms with Crippen LogP contribution in [-0.4, -0.2) is 23.2 Å². The van der Waals surface area contributed by atoms with Crippen molar-refractivity contribution in [2.24, 2.45) is 4.99 Å². The van der Waals surface area contributed by atoms with Crippen LogP contribution in [0.25, 0.3) is 0 Å². The van der Waals surface area contributed by atoms with Gasteiger partial charge < -0.3 is 16.0 Å². The van der Waals surface area contributed by atoms with E-state index < -0.39 is 0 Å². The molecule has 0 aromatic heterocycles. The second-order valence-corrected chi connectivity index (χ2v) is 8.46. The number of rotatable bonds is 2. The molecule has 0 bridgehead atoms. The van der Waals surface area contributed by atoms with Gasteiger partial charge in [0.1, 0.15) is 11.2 Å². The zero-order chi connectivity index (χ0) is 22.0. The van der Waals surface area contributed by atoms with Crippen molar-refractivity contribution in [1.29, 1.82) is 0 Å². The largest absolute Gasteiger partial charge is 0.374 e. The highest BCUT2D eigenvalue weighted by atomic mass is 35.5. The molecule has 0 saturated heterocycles. The first-order valence-electron chi connectivity index (χ1n) is 10.5. The first kappa shape index (κ1) is 22.2. The molecule has 0 fully saturated rings. The van der Waals surface area contributed by atoms with Gasteiger partial charge in [-0.05, 0) is 87.1 Å².